The lowest BCUT2D eigenvalue weighted by Gasteiger charge is -2.31. The Kier molecular flexibility index (Phi) is 3.69. The predicted molar refractivity (Wildman–Crippen MR) is 90.3 cm³/mol. The molecule has 1 aliphatic rings. The largest absolute Gasteiger partial charge is 0.363 e. The van der Waals surface area contributed by atoms with Gasteiger partial charge in [-0.3, -0.25) is 0 Å². The van der Waals surface area contributed by atoms with Gasteiger partial charge in [-0.15, -0.1) is 0 Å². The molecule has 23 heavy (non-hydrogen) atoms. The molecule has 2 heterocycles. The van der Waals surface area contributed by atoms with Gasteiger partial charge < -0.3 is 5.32 Å². The number of fused-ring (bicyclic) bond motifs is 1. The number of rotatable bonds is 5. The van der Waals surface area contributed by atoms with Crippen LogP contribution in [-0.4, -0.2) is 19.6 Å². The van der Waals surface area contributed by atoms with Gasteiger partial charge in [-0.05, 0) is 24.8 Å². The van der Waals surface area contributed by atoms with Crippen molar-refractivity contribution in [2.75, 3.05) is 5.32 Å². The molecule has 0 radical (unpaired) electrons. The summed E-state index contributed by atoms with van der Waals surface area (Å²) >= 11 is 0. The van der Waals surface area contributed by atoms with Crippen molar-refractivity contribution >= 4 is 11.6 Å². The van der Waals surface area contributed by atoms with Gasteiger partial charge in [-0.2, -0.15) is 14.6 Å². The molecule has 3 aromatic rings. The van der Waals surface area contributed by atoms with E-state index in [9.17, 15) is 0 Å². The van der Waals surface area contributed by atoms with E-state index in [0.29, 0.717) is 5.78 Å². The van der Waals surface area contributed by atoms with Crippen LogP contribution in [0.2, 0.25) is 0 Å². The average Bonchev–Trinajstić information content (AvgIpc) is 2.98. The van der Waals surface area contributed by atoms with Crippen LogP contribution in [0.1, 0.15) is 43.0 Å². The predicted octanol–water partition coefficient (Wildman–Crippen LogP) is 3.78. The highest BCUT2D eigenvalue weighted by Gasteiger charge is 2.23. The topological polar surface area (TPSA) is 55.1 Å². The van der Waals surface area contributed by atoms with E-state index in [-0.39, 0.29) is 6.04 Å². The third-order valence-electron chi connectivity index (χ3n) is 4.70. The first kappa shape index (κ1) is 14.2. The van der Waals surface area contributed by atoms with Gasteiger partial charge in [-0.25, -0.2) is 4.98 Å². The second kappa shape index (κ2) is 5.99. The summed E-state index contributed by atoms with van der Waals surface area (Å²) in [6.45, 7) is 1.99. The highest BCUT2D eigenvalue weighted by molar-refractivity contribution is 5.46. The summed E-state index contributed by atoms with van der Waals surface area (Å²) < 4.78 is 1.78. The molecule has 118 valence electrons. The fourth-order valence-electron chi connectivity index (χ4n) is 3.24. The summed E-state index contributed by atoms with van der Waals surface area (Å²) in [4.78, 5) is 8.62. The monoisotopic (exact) mass is 307 g/mol. The van der Waals surface area contributed by atoms with Gasteiger partial charge in [0, 0.05) is 11.8 Å². The summed E-state index contributed by atoms with van der Waals surface area (Å²) in [5.41, 5.74) is 2.27. The molecule has 0 amide bonds. The maximum atomic E-state index is 4.41. The van der Waals surface area contributed by atoms with E-state index in [2.05, 4.69) is 50.7 Å². The number of nitrogens with one attached hydrogen (secondary N) is 1. The smallest absolute Gasteiger partial charge is 0.254 e. The van der Waals surface area contributed by atoms with Gasteiger partial charge in [0.2, 0.25) is 0 Å². The highest BCUT2D eigenvalue weighted by atomic mass is 15.4. The Morgan fingerprint density at radius 1 is 1.26 bits per heavy atom. The zero-order valence-electron chi connectivity index (χ0n) is 13.3. The molecule has 5 heteroatoms. The summed E-state index contributed by atoms with van der Waals surface area (Å²) in [6.07, 6.45) is 6.77. The first-order valence-electron chi connectivity index (χ1n) is 8.28. The molecule has 4 rings (SSSR count). The van der Waals surface area contributed by atoms with Crippen molar-refractivity contribution < 1.29 is 0 Å². The fraction of sp³-hybridized carbons (Fsp3) is 0.389. The molecule has 1 aliphatic carbocycles. The van der Waals surface area contributed by atoms with Crippen molar-refractivity contribution in [3.8, 4) is 0 Å². The number of anilines is 1. The lowest BCUT2D eigenvalue weighted by atomic mass is 9.79. The first-order chi connectivity index (χ1) is 11.3. The Labute approximate surface area is 135 Å². The molecular formula is C18H21N5. The van der Waals surface area contributed by atoms with Gasteiger partial charge in [0.05, 0.1) is 6.04 Å². The average molecular weight is 307 g/mol. The third-order valence-corrected chi connectivity index (χ3v) is 4.70. The van der Waals surface area contributed by atoms with Crippen molar-refractivity contribution in [2.24, 2.45) is 5.92 Å². The number of aryl methyl sites for hydroxylation is 1. The summed E-state index contributed by atoms with van der Waals surface area (Å²) in [5.74, 6) is 2.42. The lowest BCUT2D eigenvalue weighted by Crippen LogP contribution is -2.21. The van der Waals surface area contributed by atoms with E-state index in [1.165, 1.54) is 24.8 Å². The molecule has 1 atom stereocenters. The van der Waals surface area contributed by atoms with Crippen molar-refractivity contribution in [3.63, 3.8) is 0 Å². The second-order valence-corrected chi connectivity index (χ2v) is 6.39. The van der Waals surface area contributed by atoms with Crippen LogP contribution in [0.5, 0.6) is 0 Å². The molecule has 1 fully saturated rings. The molecule has 0 saturated heterocycles. The quantitative estimate of drug-likeness (QED) is 0.779. The minimum absolute atomic E-state index is 0.288. The Balaban J connectivity index is 1.67. The van der Waals surface area contributed by atoms with Crippen LogP contribution < -0.4 is 5.32 Å². The van der Waals surface area contributed by atoms with E-state index < -0.39 is 0 Å². The molecular weight excluding hydrogens is 286 g/mol. The van der Waals surface area contributed by atoms with Crippen molar-refractivity contribution in [3.05, 3.63) is 54.0 Å². The SMILES string of the molecule is Cc1cc(NC(CC2CCC2)c2ccccc2)n2ncnc2n1. The molecule has 1 N–H and O–H groups in total. The lowest BCUT2D eigenvalue weighted by molar-refractivity contribution is 0.282. The van der Waals surface area contributed by atoms with Crippen molar-refractivity contribution in [1.29, 1.82) is 0 Å². The molecule has 1 unspecified atom stereocenters. The van der Waals surface area contributed by atoms with E-state index in [0.717, 1.165) is 23.9 Å². The second-order valence-electron chi connectivity index (χ2n) is 6.39. The van der Waals surface area contributed by atoms with E-state index in [1.54, 1.807) is 10.8 Å². The molecule has 5 nitrogen and oxygen atoms in total. The normalized spacial score (nSPS) is 16.2. The summed E-state index contributed by atoms with van der Waals surface area (Å²) in [5, 5.41) is 7.99. The Morgan fingerprint density at radius 3 is 2.83 bits per heavy atom. The van der Waals surface area contributed by atoms with Gasteiger partial charge >= 0.3 is 0 Å². The maximum absolute atomic E-state index is 4.41. The van der Waals surface area contributed by atoms with Gasteiger partial charge in [0.25, 0.3) is 5.78 Å². The molecule has 2 aromatic heterocycles. The molecule has 0 aliphatic heterocycles. The van der Waals surface area contributed by atoms with E-state index in [1.807, 2.05) is 13.0 Å². The van der Waals surface area contributed by atoms with Crippen molar-refractivity contribution in [1.82, 2.24) is 19.6 Å². The van der Waals surface area contributed by atoms with Crippen LogP contribution in [0.15, 0.2) is 42.7 Å². The van der Waals surface area contributed by atoms with Gasteiger partial charge in [-0.1, -0.05) is 49.6 Å². The molecule has 1 saturated carbocycles. The number of nitrogens with zero attached hydrogens (tertiary/aromatic N) is 4. The number of benzene rings is 1. The summed E-state index contributed by atoms with van der Waals surface area (Å²) in [7, 11) is 0. The zero-order chi connectivity index (χ0) is 15.6. The van der Waals surface area contributed by atoms with Crippen LogP contribution in [0.25, 0.3) is 5.78 Å². The number of hydrogen-bond acceptors (Lipinski definition) is 4. The van der Waals surface area contributed by atoms with E-state index >= 15 is 0 Å². The number of hydrogen-bond donors (Lipinski definition) is 1. The van der Waals surface area contributed by atoms with Crippen LogP contribution in [0.4, 0.5) is 5.82 Å². The fourth-order valence-corrected chi connectivity index (χ4v) is 3.24. The van der Waals surface area contributed by atoms with Crippen LogP contribution in [-0.2, 0) is 0 Å². The standard InChI is InChI=1S/C18H21N5/c1-13-10-17(23-18(21-13)19-12-20-23)22-16(11-14-6-5-7-14)15-8-3-2-4-9-15/h2-4,8-10,12,14,16,22H,5-7,11H2,1H3. The Bertz CT molecular complexity index is 792. The number of aromatic nitrogens is 4. The van der Waals surface area contributed by atoms with E-state index in [4.69, 9.17) is 0 Å². The minimum atomic E-state index is 0.288. The van der Waals surface area contributed by atoms with Crippen LogP contribution in [0, 0.1) is 12.8 Å². The van der Waals surface area contributed by atoms with Gasteiger partial charge in [0.1, 0.15) is 12.1 Å². The van der Waals surface area contributed by atoms with Crippen LogP contribution >= 0.6 is 0 Å². The zero-order valence-corrected chi connectivity index (χ0v) is 13.3. The minimum Gasteiger partial charge on any atom is -0.363 e. The molecule has 1 aromatic carbocycles. The van der Waals surface area contributed by atoms with Crippen molar-refractivity contribution in [2.45, 2.75) is 38.6 Å². The summed E-state index contributed by atoms with van der Waals surface area (Å²) in [6, 6.07) is 13.0. The third kappa shape index (κ3) is 2.91. The first-order valence-corrected chi connectivity index (χ1v) is 8.28. The highest BCUT2D eigenvalue weighted by Crippen LogP contribution is 2.36. The van der Waals surface area contributed by atoms with Gasteiger partial charge in [0.15, 0.2) is 0 Å². The molecule has 0 bridgehead atoms. The van der Waals surface area contributed by atoms with Crippen LogP contribution in [0.3, 0.4) is 0 Å². The molecule has 0 spiro atoms. The Hall–Kier alpha value is -2.43. The maximum Gasteiger partial charge on any atom is 0.254 e. The Morgan fingerprint density at radius 2 is 2.09 bits per heavy atom.